The van der Waals surface area contributed by atoms with E-state index in [-0.39, 0.29) is 17.7 Å². The monoisotopic (exact) mass is 296 g/mol. The van der Waals surface area contributed by atoms with Crippen LogP contribution in [0, 0.1) is 23.2 Å². The van der Waals surface area contributed by atoms with Crippen LogP contribution in [0.1, 0.15) is 26.7 Å². The average molecular weight is 296 g/mol. The molecule has 2 fully saturated rings. The quantitative estimate of drug-likeness (QED) is 0.830. The molecule has 1 aliphatic heterocycles. The molecule has 1 saturated heterocycles. The lowest BCUT2D eigenvalue weighted by Gasteiger charge is -2.33. The number of piperidine rings is 1. The van der Waals surface area contributed by atoms with Crippen molar-refractivity contribution in [3.63, 3.8) is 0 Å². The summed E-state index contributed by atoms with van der Waals surface area (Å²) >= 11 is 0. The number of nitrogens with zero attached hydrogens (tertiary/aromatic N) is 2. The van der Waals surface area contributed by atoms with Crippen LogP contribution >= 0.6 is 0 Å². The molecule has 21 heavy (non-hydrogen) atoms. The van der Waals surface area contributed by atoms with Gasteiger partial charge in [-0.2, -0.15) is 0 Å². The van der Waals surface area contributed by atoms with Crippen LogP contribution in [0.3, 0.4) is 0 Å². The van der Waals surface area contributed by atoms with Crippen molar-refractivity contribution in [1.82, 2.24) is 9.80 Å². The SMILES string of the molecule is CN(C)C(=O)C1CCN(C(=O)C2C(C(=O)O)C2(C)C)CC1. The van der Waals surface area contributed by atoms with Gasteiger partial charge in [0.15, 0.2) is 0 Å². The number of carboxylic acid groups (broad SMARTS) is 1. The summed E-state index contributed by atoms with van der Waals surface area (Å²) in [5, 5.41) is 9.16. The standard InChI is InChI=1S/C15H24N2O4/c1-15(2)10(11(15)14(20)21)13(19)17-7-5-9(6-8-17)12(18)16(3)4/h9-11H,5-8H2,1-4H3,(H,20,21). The van der Waals surface area contributed by atoms with Crippen molar-refractivity contribution in [3.05, 3.63) is 0 Å². The fourth-order valence-electron chi connectivity index (χ4n) is 3.47. The Hall–Kier alpha value is -1.59. The number of carbonyl (C=O) groups is 3. The third-order valence-corrected chi connectivity index (χ3v) is 4.96. The zero-order chi connectivity index (χ0) is 15.9. The zero-order valence-corrected chi connectivity index (χ0v) is 13.1. The summed E-state index contributed by atoms with van der Waals surface area (Å²) in [7, 11) is 3.48. The van der Waals surface area contributed by atoms with E-state index < -0.39 is 23.2 Å². The van der Waals surface area contributed by atoms with Crippen molar-refractivity contribution in [1.29, 1.82) is 0 Å². The lowest BCUT2D eigenvalue weighted by molar-refractivity contribution is -0.143. The summed E-state index contributed by atoms with van der Waals surface area (Å²) in [6, 6.07) is 0. The Bertz CT molecular complexity index is 464. The van der Waals surface area contributed by atoms with E-state index >= 15 is 0 Å². The van der Waals surface area contributed by atoms with Crippen LogP contribution in [0.25, 0.3) is 0 Å². The minimum absolute atomic E-state index is 0.0217. The van der Waals surface area contributed by atoms with Gasteiger partial charge in [-0.15, -0.1) is 0 Å². The summed E-state index contributed by atoms with van der Waals surface area (Å²) in [4.78, 5) is 38.9. The number of hydrogen-bond donors (Lipinski definition) is 1. The molecule has 0 aromatic carbocycles. The van der Waals surface area contributed by atoms with Gasteiger partial charge in [-0.05, 0) is 18.3 Å². The summed E-state index contributed by atoms with van der Waals surface area (Å²) in [6.07, 6.45) is 1.32. The Kier molecular flexibility index (Phi) is 4.00. The highest BCUT2D eigenvalue weighted by molar-refractivity contribution is 5.91. The maximum Gasteiger partial charge on any atom is 0.307 e. The maximum absolute atomic E-state index is 12.5. The second kappa shape index (κ2) is 5.31. The molecule has 1 N–H and O–H groups in total. The number of amides is 2. The van der Waals surface area contributed by atoms with E-state index in [1.165, 1.54) is 0 Å². The summed E-state index contributed by atoms with van der Waals surface area (Å²) in [6.45, 7) is 4.75. The molecule has 2 atom stereocenters. The molecule has 0 bridgehead atoms. The lowest BCUT2D eigenvalue weighted by atomic mass is 9.95. The third kappa shape index (κ3) is 2.76. The lowest BCUT2D eigenvalue weighted by Crippen LogP contribution is -2.43. The normalized spacial score (nSPS) is 28.1. The number of aliphatic carboxylic acids is 1. The van der Waals surface area contributed by atoms with Crippen molar-refractivity contribution >= 4 is 17.8 Å². The van der Waals surface area contributed by atoms with E-state index in [1.54, 1.807) is 23.9 Å². The van der Waals surface area contributed by atoms with Crippen LogP contribution in [0.4, 0.5) is 0 Å². The van der Waals surface area contributed by atoms with Gasteiger partial charge in [-0.1, -0.05) is 13.8 Å². The Labute approximate surface area is 125 Å². The predicted molar refractivity (Wildman–Crippen MR) is 76.4 cm³/mol. The Morgan fingerprint density at radius 1 is 1.10 bits per heavy atom. The number of likely N-dealkylation sites (tertiary alicyclic amines) is 1. The smallest absolute Gasteiger partial charge is 0.307 e. The molecule has 0 aromatic rings. The van der Waals surface area contributed by atoms with Gasteiger partial charge >= 0.3 is 5.97 Å². The Balaban J connectivity index is 1.93. The van der Waals surface area contributed by atoms with Crippen molar-refractivity contribution in [3.8, 4) is 0 Å². The Morgan fingerprint density at radius 2 is 1.62 bits per heavy atom. The van der Waals surface area contributed by atoms with Crippen LogP contribution < -0.4 is 0 Å². The molecule has 2 aliphatic rings. The van der Waals surface area contributed by atoms with Crippen LogP contribution in [0.5, 0.6) is 0 Å². The van der Waals surface area contributed by atoms with Crippen molar-refractivity contribution in [2.75, 3.05) is 27.2 Å². The van der Waals surface area contributed by atoms with Gasteiger partial charge in [-0.3, -0.25) is 14.4 Å². The zero-order valence-electron chi connectivity index (χ0n) is 13.1. The minimum Gasteiger partial charge on any atom is -0.481 e. The van der Waals surface area contributed by atoms with Crippen LogP contribution in [-0.2, 0) is 14.4 Å². The highest BCUT2D eigenvalue weighted by atomic mass is 16.4. The first-order valence-corrected chi connectivity index (χ1v) is 7.40. The van der Waals surface area contributed by atoms with Gasteiger partial charge in [0.1, 0.15) is 0 Å². The number of carboxylic acids is 1. The largest absolute Gasteiger partial charge is 0.481 e. The second-order valence-corrected chi connectivity index (χ2v) is 6.95. The average Bonchev–Trinajstić information content (AvgIpc) is 3.00. The molecule has 1 saturated carbocycles. The topological polar surface area (TPSA) is 77.9 Å². The molecule has 118 valence electrons. The van der Waals surface area contributed by atoms with Gasteiger partial charge in [0.25, 0.3) is 0 Å². The van der Waals surface area contributed by atoms with E-state index in [9.17, 15) is 14.4 Å². The molecule has 6 nitrogen and oxygen atoms in total. The second-order valence-electron chi connectivity index (χ2n) is 6.95. The molecule has 0 radical (unpaired) electrons. The van der Waals surface area contributed by atoms with E-state index in [0.717, 1.165) is 0 Å². The highest BCUT2D eigenvalue weighted by Crippen LogP contribution is 2.59. The summed E-state index contributed by atoms with van der Waals surface area (Å²) in [5.41, 5.74) is -0.459. The highest BCUT2D eigenvalue weighted by Gasteiger charge is 2.66. The number of hydrogen-bond acceptors (Lipinski definition) is 3. The molecule has 2 rings (SSSR count). The maximum atomic E-state index is 12.5. The van der Waals surface area contributed by atoms with E-state index in [0.29, 0.717) is 25.9 Å². The van der Waals surface area contributed by atoms with E-state index in [2.05, 4.69) is 0 Å². The molecule has 2 unspecified atom stereocenters. The molecule has 6 heteroatoms. The van der Waals surface area contributed by atoms with Gasteiger partial charge in [0.2, 0.25) is 11.8 Å². The van der Waals surface area contributed by atoms with E-state index in [1.807, 2.05) is 13.8 Å². The van der Waals surface area contributed by atoms with Crippen LogP contribution in [0.15, 0.2) is 0 Å². The fraction of sp³-hybridized carbons (Fsp3) is 0.800. The van der Waals surface area contributed by atoms with Crippen molar-refractivity contribution in [2.45, 2.75) is 26.7 Å². The fourth-order valence-corrected chi connectivity index (χ4v) is 3.47. The third-order valence-electron chi connectivity index (χ3n) is 4.96. The summed E-state index contributed by atoms with van der Waals surface area (Å²) in [5.74, 6) is -1.87. The van der Waals surface area contributed by atoms with Crippen LogP contribution in [0.2, 0.25) is 0 Å². The van der Waals surface area contributed by atoms with Gasteiger partial charge in [0.05, 0.1) is 11.8 Å². The van der Waals surface area contributed by atoms with Gasteiger partial charge in [-0.25, -0.2) is 0 Å². The van der Waals surface area contributed by atoms with E-state index in [4.69, 9.17) is 5.11 Å². The molecular weight excluding hydrogens is 272 g/mol. The van der Waals surface area contributed by atoms with Gasteiger partial charge in [0, 0.05) is 33.1 Å². The van der Waals surface area contributed by atoms with Crippen LogP contribution in [-0.4, -0.2) is 59.9 Å². The molecule has 2 amide bonds. The first-order chi connectivity index (χ1) is 9.67. The first-order valence-electron chi connectivity index (χ1n) is 7.40. The first kappa shape index (κ1) is 15.8. The molecule has 0 spiro atoms. The number of rotatable bonds is 3. The molecule has 0 aromatic heterocycles. The molecule has 1 aliphatic carbocycles. The minimum atomic E-state index is -0.893. The summed E-state index contributed by atoms with van der Waals surface area (Å²) < 4.78 is 0. The van der Waals surface area contributed by atoms with Gasteiger partial charge < -0.3 is 14.9 Å². The van der Waals surface area contributed by atoms with Crippen molar-refractivity contribution < 1.29 is 19.5 Å². The molecule has 1 heterocycles. The van der Waals surface area contributed by atoms with Crippen molar-refractivity contribution in [2.24, 2.45) is 23.2 Å². The molecular formula is C15H24N2O4. The number of carbonyl (C=O) groups excluding carboxylic acids is 2. The Morgan fingerprint density at radius 3 is 2.00 bits per heavy atom. The predicted octanol–water partition coefficient (Wildman–Crippen LogP) is 0.670.